The number of rotatable bonds is 2. The van der Waals surface area contributed by atoms with E-state index >= 15 is 0 Å². The first kappa shape index (κ1) is 20.0. The summed E-state index contributed by atoms with van der Waals surface area (Å²) in [7, 11) is 0. The average Bonchev–Trinajstić information content (AvgIpc) is 3.27. The maximum Gasteiger partial charge on any atom is 0.0361 e. The lowest BCUT2D eigenvalue weighted by atomic mass is 9.85. The first-order valence-electron chi connectivity index (χ1n) is 11.4. The summed E-state index contributed by atoms with van der Waals surface area (Å²) >= 11 is 5.63. The molecule has 0 unspecified atom stereocenters. The van der Waals surface area contributed by atoms with Crippen LogP contribution in [-0.2, 0) is 0 Å². The molecule has 0 nitrogen and oxygen atoms in total. The van der Waals surface area contributed by atoms with Gasteiger partial charge in [-0.1, -0.05) is 107 Å². The summed E-state index contributed by atoms with van der Waals surface area (Å²) in [4.78, 5) is 0. The van der Waals surface area contributed by atoms with E-state index in [4.69, 9.17) is 0 Å². The fourth-order valence-electron chi connectivity index (χ4n) is 5.34. The van der Waals surface area contributed by atoms with E-state index in [2.05, 4.69) is 131 Å². The summed E-state index contributed by atoms with van der Waals surface area (Å²) in [6.07, 6.45) is 0. The van der Waals surface area contributed by atoms with Gasteiger partial charge in [0.25, 0.3) is 0 Å². The van der Waals surface area contributed by atoms with E-state index in [0.717, 1.165) is 4.47 Å². The topological polar surface area (TPSA) is 0 Å². The molecule has 7 aromatic rings. The molecule has 0 saturated carbocycles. The molecule has 1 aromatic heterocycles. The second kappa shape index (κ2) is 7.80. The fourth-order valence-corrected chi connectivity index (χ4v) is 6.83. The lowest BCUT2D eigenvalue weighted by Crippen LogP contribution is -1.91. The number of fused-ring (bicyclic) bond motifs is 5. The highest BCUT2D eigenvalue weighted by Crippen LogP contribution is 2.48. The highest BCUT2D eigenvalue weighted by atomic mass is 79.9. The van der Waals surface area contributed by atoms with Crippen LogP contribution in [-0.4, -0.2) is 0 Å². The Morgan fingerprint density at radius 1 is 0.471 bits per heavy atom. The molecule has 0 spiro atoms. The van der Waals surface area contributed by atoms with Crippen molar-refractivity contribution in [1.82, 2.24) is 0 Å². The Morgan fingerprint density at radius 2 is 1.12 bits per heavy atom. The molecule has 0 aliphatic rings. The third-order valence-corrected chi connectivity index (χ3v) is 8.35. The van der Waals surface area contributed by atoms with E-state index in [1.807, 2.05) is 11.3 Å². The predicted octanol–water partition coefficient (Wildman–Crippen LogP) is 10.5. The number of halogens is 1. The van der Waals surface area contributed by atoms with E-state index in [1.165, 1.54) is 64.0 Å². The van der Waals surface area contributed by atoms with Gasteiger partial charge in [0.05, 0.1) is 0 Å². The SMILES string of the molecule is Brc1ccc2c(-c3cccc4sc5ccccc5c34)c3ccccc3c(-c3ccccc3)c2c1. The summed E-state index contributed by atoms with van der Waals surface area (Å²) in [6.45, 7) is 0. The van der Waals surface area contributed by atoms with Crippen molar-refractivity contribution in [2.24, 2.45) is 0 Å². The largest absolute Gasteiger partial charge is 0.135 e. The van der Waals surface area contributed by atoms with Gasteiger partial charge in [-0.15, -0.1) is 11.3 Å². The standard InChI is InChI=1S/C32H19BrS/c33-21-17-18-24-27(19-21)30(20-9-2-1-3-10-20)22-11-4-5-12-23(22)31(24)26-14-8-16-29-32(26)25-13-6-7-15-28(25)34-29/h1-19H. The van der Waals surface area contributed by atoms with Gasteiger partial charge in [0.2, 0.25) is 0 Å². The molecule has 0 aliphatic heterocycles. The van der Waals surface area contributed by atoms with E-state index in [-0.39, 0.29) is 0 Å². The molecule has 0 atom stereocenters. The average molecular weight is 515 g/mol. The van der Waals surface area contributed by atoms with Gasteiger partial charge < -0.3 is 0 Å². The molecule has 0 bridgehead atoms. The molecule has 0 N–H and O–H groups in total. The van der Waals surface area contributed by atoms with Crippen molar-refractivity contribution in [3.8, 4) is 22.3 Å². The lowest BCUT2D eigenvalue weighted by Gasteiger charge is -2.18. The molecule has 0 amide bonds. The second-order valence-corrected chi connectivity index (χ2v) is 10.6. The Labute approximate surface area is 210 Å². The summed E-state index contributed by atoms with van der Waals surface area (Å²) in [5.41, 5.74) is 5.15. The molecule has 0 fully saturated rings. The van der Waals surface area contributed by atoms with Crippen LogP contribution in [0.2, 0.25) is 0 Å². The Bertz CT molecular complexity index is 1860. The third kappa shape index (κ3) is 2.96. The Balaban J connectivity index is 1.72. The van der Waals surface area contributed by atoms with Crippen LogP contribution in [0.15, 0.2) is 120 Å². The molecule has 6 aromatic carbocycles. The van der Waals surface area contributed by atoms with Gasteiger partial charge in [-0.2, -0.15) is 0 Å². The summed E-state index contributed by atoms with van der Waals surface area (Å²) in [5.74, 6) is 0. The lowest BCUT2D eigenvalue weighted by molar-refractivity contribution is 1.66. The molecule has 160 valence electrons. The Kier molecular flexibility index (Phi) is 4.58. The van der Waals surface area contributed by atoms with Crippen molar-refractivity contribution < 1.29 is 0 Å². The van der Waals surface area contributed by atoms with Crippen LogP contribution in [0.4, 0.5) is 0 Å². The zero-order valence-corrected chi connectivity index (χ0v) is 20.7. The molecule has 7 rings (SSSR count). The Hall–Kier alpha value is -3.46. The summed E-state index contributed by atoms with van der Waals surface area (Å²) in [6, 6.07) is 41.9. The van der Waals surface area contributed by atoms with Crippen LogP contribution in [0.5, 0.6) is 0 Å². The van der Waals surface area contributed by atoms with Crippen molar-refractivity contribution in [2.75, 3.05) is 0 Å². The number of thiophene rings is 1. The van der Waals surface area contributed by atoms with E-state index in [9.17, 15) is 0 Å². The molecule has 1 heterocycles. The van der Waals surface area contributed by atoms with Crippen LogP contribution in [0.3, 0.4) is 0 Å². The molecular formula is C32H19BrS. The first-order chi connectivity index (χ1) is 16.8. The molecule has 0 radical (unpaired) electrons. The van der Waals surface area contributed by atoms with Crippen LogP contribution in [0, 0.1) is 0 Å². The monoisotopic (exact) mass is 514 g/mol. The minimum absolute atomic E-state index is 1.10. The normalized spacial score (nSPS) is 11.7. The van der Waals surface area contributed by atoms with E-state index in [1.54, 1.807) is 0 Å². The molecule has 2 heteroatoms. The summed E-state index contributed by atoms with van der Waals surface area (Å²) < 4.78 is 3.76. The third-order valence-electron chi connectivity index (χ3n) is 6.72. The van der Waals surface area contributed by atoms with Crippen LogP contribution in [0.25, 0.3) is 64.0 Å². The van der Waals surface area contributed by atoms with Crippen molar-refractivity contribution in [3.05, 3.63) is 120 Å². The van der Waals surface area contributed by atoms with Crippen molar-refractivity contribution in [3.63, 3.8) is 0 Å². The second-order valence-electron chi connectivity index (χ2n) is 8.63. The highest BCUT2D eigenvalue weighted by molar-refractivity contribution is 9.10. The van der Waals surface area contributed by atoms with E-state index < -0.39 is 0 Å². The van der Waals surface area contributed by atoms with Crippen LogP contribution in [0.1, 0.15) is 0 Å². The first-order valence-corrected chi connectivity index (χ1v) is 13.0. The minimum atomic E-state index is 1.10. The molecular weight excluding hydrogens is 496 g/mol. The van der Waals surface area contributed by atoms with Crippen LogP contribution >= 0.6 is 27.3 Å². The van der Waals surface area contributed by atoms with Gasteiger partial charge in [0.1, 0.15) is 0 Å². The van der Waals surface area contributed by atoms with Gasteiger partial charge in [-0.05, 0) is 68.1 Å². The smallest absolute Gasteiger partial charge is 0.0361 e. The van der Waals surface area contributed by atoms with Gasteiger partial charge in [0.15, 0.2) is 0 Å². The predicted molar refractivity (Wildman–Crippen MR) is 153 cm³/mol. The maximum atomic E-state index is 3.75. The van der Waals surface area contributed by atoms with Crippen molar-refractivity contribution in [2.45, 2.75) is 0 Å². The van der Waals surface area contributed by atoms with Gasteiger partial charge >= 0.3 is 0 Å². The number of hydrogen-bond acceptors (Lipinski definition) is 1. The Morgan fingerprint density at radius 3 is 1.94 bits per heavy atom. The quantitative estimate of drug-likeness (QED) is 0.201. The van der Waals surface area contributed by atoms with Crippen LogP contribution < -0.4 is 0 Å². The summed E-state index contributed by atoms with van der Waals surface area (Å²) in [5, 5.41) is 7.81. The maximum absolute atomic E-state index is 3.75. The van der Waals surface area contributed by atoms with Crippen molar-refractivity contribution >= 4 is 69.0 Å². The zero-order chi connectivity index (χ0) is 22.6. The zero-order valence-electron chi connectivity index (χ0n) is 18.3. The molecule has 34 heavy (non-hydrogen) atoms. The highest BCUT2D eigenvalue weighted by Gasteiger charge is 2.19. The van der Waals surface area contributed by atoms with Gasteiger partial charge in [0, 0.05) is 24.6 Å². The fraction of sp³-hybridized carbons (Fsp3) is 0. The van der Waals surface area contributed by atoms with Gasteiger partial charge in [-0.25, -0.2) is 0 Å². The van der Waals surface area contributed by atoms with Crippen molar-refractivity contribution in [1.29, 1.82) is 0 Å². The van der Waals surface area contributed by atoms with Gasteiger partial charge in [-0.3, -0.25) is 0 Å². The van der Waals surface area contributed by atoms with E-state index in [0.29, 0.717) is 0 Å². The number of benzene rings is 6. The number of hydrogen-bond donors (Lipinski definition) is 0. The minimum Gasteiger partial charge on any atom is -0.135 e. The molecule has 0 saturated heterocycles. The molecule has 0 aliphatic carbocycles.